The summed E-state index contributed by atoms with van der Waals surface area (Å²) in [6.07, 6.45) is 9.16. The van der Waals surface area contributed by atoms with Crippen molar-refractivity contribution in [3.63, 3.8) is 0 Å². The molecule has 1 aromatic carbocycles. The Morgan fingerprint density at radius 2 is 2.12 bits per heavy atom. The highest BCUT2D eigenvalue weighted by molar-refractivity contribution is 7.14. The maximum absolute atomic E-state index is 14.3. The van der Waals surface area contributed by atoms with Crippen LogP contribution in [-0.2, 0) is 4.74 Å². The van der Waals surface area contributed by atoms with Gasteiger partial charge in [0.15, 0.2) is 16.7 Å². The summed E-state index contributed by atoms with van der Waals surface area (Å²) in [5, 5.41) is 5.72. The Kier molecular flexibility index (Phi) is 6.22. The number of rotatable bonds is 6. The highest BCUT2D eigenvalue weighted by Gasteiger charge is 2.46. The third-order valence-electron chi connectivity index (χ3n) is 5.82. The molecule has 2 aromatic rings. The van der Waals surface area contributed by atoms with Crippen LogP contribution in [-0.4, -0.2) is 42.7 Å². The number of thiazole rings is 1. The Balaban J connectivity index is 1.28. The molecule has 0 radical (unpaired) electrons. The molecular weight excluding hydrogens is 444 g/mol. The number of nitrogens with zero attached hydrogens (tertiary/aromatic N) is 4. The first-order valence-corrected chi connectivity index (χ1v) is 11.9. The van der Waals surface area contributed by atoms with Crippen LogP contribution in [0, 0.1) is 5.92 Å². The molecule has 2 atom stereocenters. The van der Waals surface area contributed by atoms with E-state index in [1.54, 1.807) is 11.1 Å². The van der Waals surface area contributed by atoms with Gasteiger partial charge >= 0.3 is 0 Å². The monoisotopic (exact) mass is 469 g/mol. The van der Waals surface area contributed by atoms with E-state index in [4.69, 9.17) is 4.74 Å². The maximum atomic E-state index is 14.3. The number of aromatic nitrogens is 1. The lowest BCUT2D eigenvalue weighted by molar-refractivity contribution is 0.0222. The molecular formula is C24H25F2N5OS. The van der Waals surface area contributed by atoms with E-state index < -0.39 is 12.0 Å². The van der Waals surface area contributed by atoms with Gasteiger partial charge in [-0.1, -0.05) is 24.3 Å². The summed E-state index contributed by atoms with van der Waals surface area (Å²) >= 11 is 1.39. The molecule has 2 unspecified atom stereocenters. The van der Waals surface area contributed by atoms with Gasteiger partial charge in [-0.3, -0.25) is 9.98 Å². The lowest BCUT2D eigenvalue weighted by Gasteiger charge is -2.24. The largest absolute Gasteiger partial charge is 0.489 e. The van der Waals surface area contributed by atoms with Crippen molar-refractivity contribution < 1.29 is 13.5 Å². The predicted molar refractivity (Wildman–Crippen MR) is 129 cm³/mol. The first-order valence-electron chi connectivity index (χ1n) is 11.1. The van der Waals surface area contributed by atoms with Crippen LogP contribution in [0.4, 0.5) is 19.6 Å². The Bertz CT molecular complexity index is 1100. The third kappa shape index (κ3) is 5.13. The lowest BCUT2D eigenvalue weighted by Crippen LogP contribution is -2.26. The molecule has 0 aliphatic carbocycles. The van der Waals surface area contributed by atoms with E-state index in [2.05, 4.69) is 20.3 Å². The Labute approximate surface area is 195 Å². The van der Waals surface area contributed by atoms with Crippen LogP contribution in [0.2, 0.25) is 0 Å². The molecule has 1 N–H and O–H groups in total. The second kappa shape index (κ2) is 9.43. The van der Waals surface area contributed by atoms with Crippen LogP contribution in [0.3, 0.4) is 0 Å². The first-order chi connectivity index (χ1) is 16.1. The minimum Gasteiger partial charge on any atom is -0.489 e. The summed E-state index contributed by atoms with van der Waals surface area (Å²) in [7, 11) is 0. The Hall–Kier alpha value is -3.07. The summed E-state index contributed by atoms with van der Waals surface area (Å²) in [5.41, 5.74) is 1.41. The van der Waals surface area contributed by atoms with Crippen molar-refractivity contribution >= 4 is 34.2 Å². The number of alkyl halides is 2. The van der Waals surface area contributed by atoms with E-state index in [0.717, 1.165) is 18.5 Å². The van der Waals surface area contributed by atoms with Gasteiger partial charge in [0.1, 0.15) is 0 Å². The van der Waals surface area contributed by atoms with Gasteiger partial charge in [-0.25, -0.2) is 13.8 Å². The Morgan fingerprint density at radius 3 is 2.94 bits per heavy atom. The molecule has 3 aliphatic heterocycles. The minimum atomic E-state index is -2.76. The average molecular weight is 470 g/mol. The van der Waals surface area contributed by atoms with Crippen LogP contribution >= 0.6 is 11.3 Å². The normalized spacial score (nSPS) is 23.9. The number of nitrogens with one attached hydrogen (secondary N) is 1. The molecule has 0 bridgehead atoms. The van der Waals surface area contributed by atoms with E-state index in [1.165, 1.54) is 11.3 Å². The van der Waals surface area contributed by atoms with Crippen LogP contribution in [0.15, 0.2) is 69.8 Å². The van der Waals surface area contributed by atoms with Gasteiger partial charge in [0.05, 0.1) is 24.9 Å². The van der Waals surface area contributed by atoms with Gasteiger partial charge in [0.25, 0.3) is 5.92 Å². The van der Waals surface area contributed by atoms with E-state index >= 15 is 0 Å². The van der Waals surface area contributed by atoms with Crippen LogP contribution in [0.5, 0.6) is 0 Å². The van der Waals surface area contributed by atoms with Crippen molar-refractivity contribution in [1.82, 2.24) is 4.98 Å². The molecule has 5 rings (SSSR count). The smallest absolute Gasteiger partial charge is 0.267 e. The van der Waals surface area contributed by atoms with Crippen LogP contribution in [0.1, 0.15) is 31.0 Å². The molecule has 1 saturated heterocycles. The van der Waals surface area contributed by atoms with E-state index in [0.29, 0.717) is 35.6 Å². The van der Waals surface area contributed by atoms with Crippen molar-refractivity contribution in [1.29, 1.82) is 0 Å². The summed E-state index contributed by atoms with van der Waals surface area (Å²) in [4.78, 5) is 15.1. The van der Waals surface area contributed by atoms with Crippen molar-refractivity contribution in [2.24, 2.45) is 15.9 Å². The fraction of sp³-hybridized carbons (Fsp3) is 0.375. The first kappa shape index (κ1) is 21.8. The molecule has 172 valence electrons. The van der Waals surface area contributed by atoms with Gasteiger partial charge in [0, 0.05) is 42.4 Å². The van der Waals surface area contributed by atoms with E-state index in [1.807, 2.05) is 54.1 Å². The standard InChI is InChI=1S/C24H25F2N5OS/c25-24(26)13-20(31(16-24)18-5-2-1-3-6-18)19-15-33-23(29-19)30-22-21(7-4-10-28-22)32-14-17-8-11-27-12-9-17/h1-3,5-8,11-12,15,17,20H,4,9-10,13-14,16H2,(H,28,29,30). The van der Waals surface area contributed by atoms with Gasteiger partial charge in [0.2, 0.25) is 0 Å². The highest BCUT2D eigenvalue weighted by Crippen LogP contribution is 2.44. The topological polar surface area (TPSA) is 62.1 Å². The van der Waals surface area contributed by atoms with Gasteiger partial charge < -0.3 is 15.0 Å². The van der Waals surface area contributed by atoms with E-state index in [9.17, 15) is 8.78 Å². The van der Waals surface area contributed by atoms with Gasteiger partial charge in [-0.05, 0) is 31.1 Å². The molecule has 3 aliphatic rings. The second-order valence-corrected chi connectivity index (χ2v) is 9.17. The number of anilines is 2. The number of aliphatic imine (C=N–C) groups is 2. The van der Waals surface area contributed by atoms with Crippen molar-refractivity contribution in [2.45, 2.75) is 31.2 Å². The number of halogens is 2. The number of dihydropyridines is 1. The molecule has 6 nitrogen and oxygen atoms in total. The quantitative estimate of drug-likeness (QED) is 0.611. The number of ether oxygens (including phenoxy) is 1. The number of para-hydroxylation sites is 1. The maximum Gasteiger partial charge on any atom is 0.267 e. The fourth-order valence-electron chi connectivity index (χ4n) is 4.17. The number of hydrogen-bond acceptors (Lipinski definition) is 7. The SMILES string of the molecule is FC1(F)CC(c2csc(NC3=NCCC=C3OCC3C=CN=CC3)n2)N(c2ccccc2)C1. The van der Waals surface area contributed by atoms with Crippen molar-refractivity contribution in [2.75, 3.05) is 29.9 Å². The lowest BCUT2D eigenvalue weighted by atomic mass is 10.1. The number of hydrogen-bond donors (Lipinski definition) is 1. The van der Waals surface area contributed by atoms with Crippen LogP contribution in [0.25, 0.3) is 0 Å². The molecule has 4 heterocycles. The molecule has 0 amide bonds. The zero-order valence-electron chi connectivity index (χ0n) is 18.0. The van der Waals surface area contributed by atoms with Crippen molar-refractivity contribution in [3.8, 4) is 0 Å². The summed E-state index contributed by atoms with van der Waals surface area (Å²) in [6, 6.07) is 8.85. The molecule has 33 heavy (non-hydrogen) atoms. The molecule has 9 heteroatoms. The highest BCUT2D eigenvalue weighted by atomic mass is 32.1. The molecule has 0 saturated carbocycles. The summed E-state index contributed by atoms with van der Waals surface area (Å²) in [5.74, 6) is -1.14. The minimum absolute atomic E-state index is 0.252. The van der Waals surface area contributed by atoms with Crippen LogP contribution < -0.4 is 10.2 Å². The van der Waals surface area contributed by atoms with E-state index in [-0.39, 0.29) is 18.9 Å². The summed E-state index contributed by atoms with van der Waals surface area (Å²) < 4.78 is 34.7. The molecule has 0 spiro atoms. The zero-order valence-corrected chi connectivity index (χ0v) is 18.8. The fourth-order valence-corrected chi connectivity index (χ4v) is 4.93. The predicted octanol–water partition coefficient (Wildman–Crippen LogP) is 5.45. The van der Waals surface area contributed by atoms with Gasteiger partial charge in [-0.15, -0.1) is 11.3 Å². The second-order valence-electron chi connectivity index (χ2n) is 8.31. The number of amidine groups is 1. The number of benzene rings is 1. The molecule has 1 fully saturated rings. The van der Waals surface area contributed by atoms with Crippen molar-refractivity contribution in [3.05, 3.63) is 65.5 Å². The zero-order chi connectivity index (χ0) is 22.7. The molecule has 1 aromatic heterocycles. The third-order valence-corrected chi connectivity index (χ3v) is 6.60. The average Bonchev–Trinajstić information content (AvgIpc) is 3.43. The summed E-state index contributed by atoms with van der Waals surface area (Å²) in [6.45, 7) is 0.900. The van der Waals surface area contributed by atoms with Gasteiger partial charge in [-0.2, -0.15) is 0 Å². The Morgan fingerprint density at radius 1 is 1.24 bits per heavy atom.